The van der Waals surface area contributed by atoms with Crippen LogP contribution in [-0.2, 0) is 4.79 Å². The molecule has 3 N–H and O–H groups in total. The Hall–Kier alpha value is -2.11. The second kappa shape index (κ2) is 5.46. The number of primary amides is 1. The van der Waals surface area contributed by atoms with Gasteiger partial charge in [-0.3, -0.25) is 9.69 Å². The highest BCUT2D eigenvalue weighted by atomic mass is 16.2. The van der Waals surface area contributed by atoms with Crippen molar-refractivity contribution in [2.75, 3.05) is 10.2 Å². The Morgan fingerprint density at radius 1 is 1.17 bits per heavy atom. The molecule has 0 aromatic carbocycles. The molecule has 128 valence electrons. The summed E-state index contributed by atoms with van der Waals surface area (Å²) in [5, 5.41) is 2.65. The number of aromatic nitrogens is 1. The van der Waals surface area contributed by atoms with Crippen LogP contribution in [0.3, 0.4) is 0 Å². The largest absolute Gasteiger partial charge is 0.351 e. The summed E-state index contributed by atoms with van der Waals surface area (Å²) in [6.07, 6.45) is 8.73. The fraction of sp³-hybridized carbons (Fsp3) is 0.611. The minimum Gasteiger partial charge on any atom is -0.351 e. The molecule has 4 bridgehead atoms. The van der Waals surface area contributed by atoms with E-state index in [2.05, 4.69) is 10.3 Å². The third-order valence-corrected chi connectivity index (χ3v) is 6.01. The van der Waals surface area contributed by atoms with Crippen LogP contribution in [-0.4, -0.2) is 22.5 Å². The van der Waals surface area contributed by atoms with Crippen LogP contribution in [0.1, 0.15) is 45.4 Å². The SMILES string of the molecule is CC(=O)Nc1ccc(N(C(N)=O)C23CC4CC(CC(C4)C2)C3)cn1. The van der Waals surface area contributed by atoms with Gasteiger partial charge in [0.2, 0.25) is 5.91 Å². The number of carbonyl (C=O) groups excluding carboxylic acids is 2. The van der Waals surface area contributed by atoms with Gasteiger partial charge in [-0.25, -0.2) is 9.78 Å². The predicted molar refractivity (Wildman–Crippen MR) is 91.5 cm³/mol. The van der Waals surface area contributed by atoms with Crippen molar-refractivity contribution in [1.82, 2.24) is 4.98 Å². The van der Waals surface area contributed by atoms with Crippen molar-refractivity contribution in [3.05, 3.63) is 18.3 Å². The number of hydrogen-bond acceptors (Lipinski definition) is 3. The molecule has 4 aliphatic carbocycles. The molecule has 24 heavy (non-hydrogen) atoms. The van der Waals surface area contributed by atoms with Gasteiger partial charge in [-0.2, -0.15) is 0 Å². The first-order valence-electron chi connectivity index (χ1n) is 8.78. The Balaban J connectivity index is 1.65. The Labute approximate surface area is 141 Å². The van der Waals surface area contributed by atoms with Crippen LogP contribution in [0.25, 0.3) is 0 Å². The lowest BCUT2D eigenvalue weighted by Gasteiger charge is -2.59. The molecule has 3 amide bonds. The van der Waals surface area contributed by atoms with Crippen molar-refractivity contribution >= 4 is 23.4 Å². The van der Waals surface area contributed by atoms with Crippen LogP contribution in [0, 0.1) is 17.8 Å². The number of carbonyl (C=O) groups is 2. The molecule has 1 heterocycles. The molecule has 0 saturated heterocycles. The molecule has 4 aliphatic rings. The van der Waals surface area contributed by atoms with E-state index in [0.717, 1.165) is 42.7 Å². The van der Waals surface area contributed by atoms with Crippen molar-refractivity contribution in [2.24, 2.45) is 23.5 Å². The number of rotatable bonds is 3. The van der Waals surface area contributed by atoms with Gasteiger partial charge >= 0.3 is 6.03 Å². The molecular weight excluding hydrogens is 304 g/mol. The zero-order valence-corrected chi connectivity index (χ0v) is 14.0. The Bertz CT molecular complexity index is 635. The molecule has 1 aromatic heterocycles. The average Bonchev–Trinajstić information content (AvgIpc) is 2.46. The summed E-state index contributed by atoms with van der Waals surface area (Å²) in [6.45, 7) is 1.45. The second-order valence-corrected chi connectivity index (χ2v) is 7.90. The van der Waals surface area contributed by atoms with Gasteiger partial charge in [0.15, 0.2) is 0 Å². The van der Waals surface area contributed by atoms with E-state index in [4.69, 9.17) is 5.73 Å². The zero-order chi connectivity index (χ0) is 16.9. The highest BCUT2D eigenvalue weighted by Gasteiger charge is 2.55. The maximum atomic E-state index is 12.3. The highest BCUT2D eigenvalue weighted by molar-refractivity contribution is 5.93. The standard InChI is InChI=1S/C18H24N4O2/c1-11(23)21-16-3-2-15(10-20-16)22(17(19)24)18-7-12-4-13(8-18)6-14(5-12)9-18/h2-3,10,12-14H,4-9H2,1H3,(H2,19,24)(H,20,21,23). The first kappa shape index (κ1) is 15.4. The number of nitrogens with zero attached hydrogens (tertiary/aromatic N) is 2. The summed E-state index contributed by atoms with van der Waals surface area (Å²) in [6, 6.07) is 3.17. The van der Waals surface area contributed by atoms with Gasteiger partial charge in [0.1, 0.15) is 5.82 Å². The minimum atomic E-state index is -0.397. The molecule has 6 nitrogen and oxygen atoms in total. The normalized spacial score (nSPS) is 33.3. The number of amides is 3. The zero-order valence-electron chi connectivity index (χ0n) is 14.0. The fourth-order valence-electron chi connectivity index (χ4n) is 5.75. The number of nitrogens with one attached hydrogen (secondary N) is 1. The van der Waals surface area contributed by atoms with Gasteiger partial charge in [0.25, 0.3) is 0 Å². The third kappa shape index (κ3) is 2.54. The lowest BCUT2D eigenvalue weighted by molar-refractivity contribution is -0.114. The first-order chi connectivity index (χ1) is 11.4. The van der Waals surface area contributed by atoms with Crippen LogP contribution in [0.2, 0.25) is 0 Å². The fourth-order valence-corrected chi connectivity index (χ4v) is 5.75. The topological polar surface area (TPSA) is 88.3 Å². The van der Waals surface area contributed by atoms with Gasteiger partial charge in [0.05, 0.1) is 17.4 Å². The molecule has 0 atom stereocenters. The van der Waals surface area contributed by atoms with Crippen molar-refractivity contribution in [3.63, 3.8) is 0 Å². The summed E-state index contributed by atoms with van der Waals surface area (Å²) in [7, 11) is 0. The molecule has 4 saturated carbocycles. The van der Waals surface area contributed by atoms with Gasteiger partial charge in [-0.15, -0.1) is 0 Å². The summed E-state index contributed by atoms with van der Waals surface area (Å²) in [5.74, 6) is 2.50. The minimum absolute atomic E-state index is 0.141. The summed E-state index contributed by atoms with van der Waals surface area (Å²) >= 11 is 0. The first-order valence-corrected chi connectivity index (χ1v) is 8.78. The molecule has 1 aromatic rings. The van der Waals surface area contributed by atoms with Crippen molar-refractivity contribution < 1.29 is 9.59 Å². The van der Waals surface area contributed by atoms with E-state index in [1.54, 1.807) is 17.2 Å². The monoisotopic (exact) mass is 328 g/mol. The molecule has 6 heteroatoms. The quantitative estimate of drug-likeness (QED) is 0.894. The van der Waals surface area contributed by atoms with Gasteiger partial charge < -0.3 is 11.1 Å². The summed E-state index contributed by atoms with van der Waals surface area (Å²) in [5.41, 5.74) is 6.39. The van der Waals surface area contributed by atoms with Crippen LogP contribution in [0.15, 0.2) is 18.3 Å². The highest BCUT2D eigenvalue weighted by Crippen LogP contribution is 2.58. The number of nitrogens with two attached hydrogens (primary N) is 1. The van der Waals surface area contributed by atoms with Gasteiger partial charge in [-0.05, 0) is 68.4 Å². The molecular formula is C18H24N4O2. The van der Waals surface area contributed by atoms with E-state index in [-0.39, 0.29) is 11.4 Å². The van der Waals surface area contributed by atoms with Crippen LogP contribution >= 0.6 is 0 Å². The predicted octanol–water partition coefficient (Wildman–Crippen LogP) is 2.89. The molecule has 4 fully saturated rings. The number of pyridine rings is 1. The Morgan fingerprint density at radius 3 is 2.17 bits per heavy atom. The van der Waals surface area contributed by atoms with E-state index in [1.165, 1.54) is 26.2 Å². The Morgan fingerprint density at radius 2 is 1.75 bits per heavy atom. The number of hydrogen-bond donors (Lipinski definition) is 2. The molecule has 5 rings (SSSR count). The van der Waals surface area contributed by atoms with Gasteiger partial charge in [0, 0.05) is 6.92 Å². The third-order valence-electron chi connectivity index (χ3n) is 6.01. The Kier molecular flexibility index (Phi) is 3.51. The van der Waals surface area contributed by atoms with Crippen molar-refractivity contribution in [2.45, 2.75) is 51.0 Å². The van der Waals surface area contributed by atoms with Crippen LogP contribution in [0.5, 0.6) is 0 Å². The molecule has 0 radical (unpaired) electrons. The van der Waals surface area contributed by atoms with Gasteiger partial charge in [-0.1, -0.05) is 0 Å². The van der Waals surface area contributed by atoms with Crippen molar-refractivity contribution in [3.8, 4) is 0 Å². The lowest BCUT2D eigenvalue weighted by Crippen LogP contribution is -2.63. The van der Waals surface area contributed by atoms with E-state index >= 15 is 0 Å². The number of anilines is 2. The molecule has 0 unspecified atom stereocenters. The van der Waals surface area contributed by atoms with E-state index in [9.17, 15) is 9.59 Å². The van der Waals surface area contributed by atoms with Crippen LogP contribution < -0.4 is 16.0 Å². The second-order valence-electron chi connectivity index (χ2n) is 7.90. The smallest absolute Gasteiger partial charge is 0.319 e. The van der Waals surface area contributed by atoms with E-state index in [1.807, 2.05) is 6.07 Å². The maximum Gasteiger partial charge on any atom is 0.319 e. The van der Waals surface area contributed by atoms with Crippen molar-refractivity contribution in [1.29, 1.82) is 0 Å². The molecule has 0 aliphatic heterocycles. The molecule has 0 spiro atoms. The van der Waals surface area contributed by atoms with Crippen LogP contribution in [0.4, 0.5) is 16.3 Å². The summed E-state index contributed by atoms with van der Waals surface area (Å²) < 4.78 is 0. The number of urea groups is 1. The van der Waals surface area contributed by atoms with E-state index in [0.29, 0.717) is 5.82 Å². The van der Waals surface area contributed by atoms with E-state index < -0.39 is 6.03 Å². The average molecular weight is 328 g/mol. The lowest BCUT2D eigenvalue weighted by atomic mass is 9.52. The summed E-state index contributed by atoms with van der Waals surface area (Å²) in [4.78, 5) is 29.5. The maximum absolute atomic E-state index is 12.3.